The lowest BCUT2D eigenvalue weighted by Gasteiger charge is -2.39. The Morgan fingerprint density at radius 3 is 2.80 bits per heavy atom. The predicted octanol–water partition coefficient (Wildman–Crippen LogP) is 0.421. The van der Waals surface area contributed by atoms with Gasteiger partial charge in [-0.25, -0.2) is 0 Å². The maximum absolute atomic E-state index is 12.8. The van der Waals surface area contributed by atoms with Gasteiger partial charge in [0.15, 0.2) is 0 Å². The molecule has 116 valence electrons. The van der Waals surface area contributed by atoms with Crippen LogP contribution in [0.4, 0.5) is 0 Å². The van der Waals surface area contributed by atoms with Crippen LogP contribution in [0.2, 0.25) is 0 Å². The Morgan fingerprint density at radius 2 is 2.10 bits per heavy atom. The van der Waals surface area contributed by atoms with E-state index >= 15 is 0 Å². The fourth-order valence-corrected chi connectivity index (χ4v) is 3.64. The third-order valence-electron chi connectivity index (χ3n) is 4.75. The quantitative estimate of drug-likeness (QED) is 0.787. The number of hydrogen-bond donors (Lipinski definition) is 2. The molecular weight excluding hydrogens is 254 g/mol. The fourth-order valence-electron chi connectivity index (χ4n) is 3.64. The van der Waals surface area contributed by atoms with Gasteiger partial charge in [0.25, 0.3) is 0 Å². The second-order valence-corrected chi connectivity index (χ2v) is 6.57. The van der Waals surface area contributed by atoms with E-state index in [2.05, 4.69) is 11.8 Å². The molecule has 2 fully saturated rings. The van der Waals surface area contributed by atoms with Gasteiger partial charge in [-0.3, -0.25) is 9.69 Å². The van der Waals surface area contributed by atoms with Crippen molar-refractivity contribution in [3.63, 3.8) is 0 Å². The second-order valence-electron chi connectivity index (χ2n) is 6.57. The number of aliphatic hydroxyl groups is 1. The molecule has 0 spiro atoms. The van der Waals surface area contributed by atoms with Crippen molar-refractivity contribution in [1.29, 1.82) is 0 Å². The molecule has 0 aromatic heterocycles. The number of rotatable bonds is 3. The van der Waals surface area contributed by atoms with Gasteiger partial charge in [-0.1, -0.05) is 19.8 Å². The number of β-amino-alcohol motifs (C(OH)–C–C–N with tert-alkyl or cyclic N) is 1. The first kappa shape index (κ1) is 15.7. The Kier molecular flexibility index (Phi) is 5.41. The Labute approximate surface area is 122 Å². The van der Waals surface area contributed by atoms with Crippen molar-refractivity contribution in [2.75, 3.05) is 39.3 Å². The lowest BCUT2D eigenvalue weighted by Crippen LogP contribution is -2.57. The van der Waals surface area contributed by atoms with Crippen LogP contribution in [0.15, 0.2) is 0 Å². The van der Waals surface area contributed by atoms with Gasteiger partial charge in [0.2, 0.25) is 5.91 Å². The number of aliphatic hydroxyl groups excluding tert-OH is 1. The first-order valence-electron chi connectivity index (χ1n) is 7.96. The predicted molar refractivity (Wildman–Crippen MR) is 79.3 cm³/mol. The van der Waals surface area contributed by atoms with Gasteiger partial charge in [0.1, 0.15) is 0 Å². The molecule has 2 rings (SSSR count). The van der Waals surface area contributed by atoms with Crippen molar-refractivity contribution >= 4 is 5.91 Å². The number of carbonyl (C=O) groups is 1. The van der Waals surface area contributed by atoms with E-state index in [9.17, 15) is 4.79 Å². The van der Waals surface area contributed by atoms with Gasteiger partial charge in [-0.05, 0) is 31.7 Å². The molecule has 1 amide bonds. The first-order valence-corrected chi connectivity index (χ1v) is 7.96. The second kappa shape index (κ2) is 6.87. The average Bonchev–Trinajstić information content (AvgIpc) is 2.64. The number of carbonyl (C=O) groups excluding carboxylic acids is 1. The lowest BCUT2D eigenvalue weighted by molar-refractivity contribution is -0.138. The summed E-state index contributed by atoms with van der Waals surface area (Å²) in [6, 6.07) is 0. The van der Waals surface area contributed by atoms with Crippen LogP contribution in [-0.4, -0.2) is 65.7 Å². The minimum Gasteiger partial charge on any atom is -0.395 e. The van der Waals surface area contributed by atoms with E-state index in [0.29, 0.717) is 12.5 Å². The van der Waals surface area contributed by atoms with E-state index in [-0.39, 0.29) is 12.5 Å². The minimum atomic E-state index is -0.635. The van der Waals surface area contributed by atoms with Crippen molar-refractivity contribution in [3.8, 4) is 0 Å². The van der Waals surface area contributed by atoms with Crippen molar-refractivity contribution < 1.29 is 9.90 Å². The molecule has 0 aromatic rings. The highest BCUT2D eigenvalue weighted by atomic mass is 16.3. The number of nitrogens with zero attached hydrogens (tertiary/aromatic N) is 2. The molecular formula is C15H29N3O2. The highest BCUT2D eigenvalue weighted by Gasteiger charge is 2.40. The van der Waals surface area contributed by atoms with E-state index in [1.165, 1.54) is 6.42 Å². The van der Waals surface area contributed by atoms with Crippen molar-refractivity contribution in [3.05, 3.63) is 0 Å². The Hall–Kier alpha value is -0.650. The largest absolute Gasteiger partial charge is 0.395 e. The zero-order chi connectivity index (χ0) is 14.6. The molecule has 20 heavy (non-hydrogen) atoms. The molecule has 2 aliphatic rings. The third-order valence-corrected chi connectivity index (χ3v) is 4.75. The zero-order valence-corrected chi connectivity index (χ0v) is 12.7. The standard InChI is InChI=1S/C15H29N3O2/c1-13-4-2-5-15(16,12-13)14(20)18-7-3-6-17(8-9-18)10-11-19/h13,19H,2-12,16H2,1H3. The molecule has 0 radical (unpaired) electrons. The maximum Gasteiger partial charge on any atom is 0.242 e. The smallest absolute Gasteiger partial charge is 0.242 e. The molecule has 0 aromatic carbocycles. The van der Waals surface area contributed by atoms with E-state index in [1.807, 2.05) is 4.90 Å². The van der Waals surface area contributed by atoms with Crippen LogP contribution in [0.3, 0.4) is 0 Å². The van der Waals surface area contributed by atoms with Crippen LogP contribution in [0.5, 0.6) is 0 Å². The lowest BCUT2D eigenvalue weighted by atomic mass is 9.76. The van der Waals surface area contributed by atoms with Crippen LogP contribution in [0.25, 0.3) is 0 Å². The van der Waals surface area contributed by atoms with E-state index in [1.54, 1.807) is 0 Å². The third kappa shape index (κ3) is 3.71. The molecule has 1 aliphatic heterocycles. The highest BCUT2D eigenvalue weighted by Crippen LogP contribution is 2.32. The van der Waals surface area contributed by atoms with Gasteiger partial charge < -0.3 is 15.7 Å². The molecule has 1 heterocycles. The summed E-state index contributed by atoms with van der Waals surface area (Å²) >= 11 is 0. The summed E-state index contributed by atoms with van der Waals surface area (Å²) < 4.78 is 0. The fraction of sp³-hybridized carbons (Fsp3) is 0.933. The summed E-state index contributed by atoms with van der Waals surface area (Å²) in [6.45, 7) is 6.43. The summed E-state index contributed by atoms with van der Waals surface area (Å²) in [7, 11) is 0. The Balaban J connectivity index is 1.94. The molecule has 5 heteroatoms. The number of amides is 1. The summed E-state index contributed by atoms with van der Waals surface area (Å²) in [5, 5.41) is 9.02. The molecule has 2 unspecified atom stereocenters. The molecule has 1 saturated carbocycles. The highest BCUT2D eigenvalue weighted by molar-refractivity contribution is 5.86. The monoisotopic (exact) mass is 283 g/mol. The molecule has 3 N–H and O–H groups in total. The topological polar surface area (TPSA) is 69.8 Å². The minimum absolute atomic E-state index is 0.148. The molecule has 0 bridgehead atoms. The number of hydrogen-bond acceptors (Lipinski definition) is 4. The Bertz CT molecular complexity index is 337. The Morgan fingerprint density at radius 1 is 1.30 bits per heavy atom. The average molecular weight is 283 g/mol. The van der Waals surface area contributed by atoms with Gasteiger partial charge in [-0.2, -0.15) is 0 Å². The maximum atomic E-state index is 12.8. The summed E-state index contributed by atoms with van der Waals surface area (Å²) in [6.07, 6.45) is 4.87. The summed E-state index contributed by atoms with van der Waals surface area (Å²) in [5.74, 6) is 0.700. The van der Waals surface area contributed by atoms with E-state index in [4.69, 9.17) is 10.8 Å². The number of nitrogens with two attached hydrogens (primary N) is 1. The molecule has 2 atom stereocenters. The summed E-state index contributed by atoms with van der Waals surface area (Å²) in [4.78, 5) is 16.9. The van der Waals surface area contributed by atoms with Crippen molar-refractivity contribution in [2.45, 2.75) is 44.6 Å². The van der Waals surface area contributed by atoms with Crippen LogP contribution < -0.4 is 5.73 Å². The van der Waals surface area contributed by atoms with Gasteiger partial charge >= 0.3 is 0 Å². The van der Waals surface area contributed by atoms with Gasteiger partial charge in [0.05, 0.1) is 12.1 Å². The van der Waals surface area contributed by atoms with Gasteiger partial charge in [-0.15, -0.1) is 0 Å². The van der Waals surface area contributed by atoms with Crippen LogP contribution in [0, 0.1) is 5.92 Å². The molecule has 1 aliphatic carbocycles. The normalized spacial score (nSPS) is 33.0. The van der Waals surface area contributed by atoms with Crippen LogP contribution >= 0.6 is 0 Å². The van der Waals surface area contributed by atoms with Crippen molar-refractivity contribution in [1.82, 2.24) is 9.80 Å². The van der Waals surface area contributed by atoms with Crippen LogP contribution in [-0.2, 0) is 4.79 Å². The van der Waals surface area contributed by atoms with Gasteiger partial charge in [0, 0.05) is 26.2 Å². The van der Waals surface area contributed by atoms with Crippen molar-refractivity contribution in [2.24, 2.45) is 11.7 Å². The SMILES string of the molecule is CC1CCCC(N)(C(=O)N2CCCN(CCO)CC2)C1. The first-order chi connectivity index (χ1) is 9.55. The molecule has 1 saturated heterocycles. The summed E-state index contributed by atoms with van der Waals surface area (Å²) in [5.41, 5.74) is 5.79. The van der Waals surface area contributed by atoms with Crippen LogP contribution in [0.1, 0.15) is 39.0 Å². The van der Waals surface area contributed by atoms with E-state index in [0.717, 1.165) is 51.9 Å². The zero-order valence-electron chi connectivity index (χ0n) is 12.7. The van der Waals surface area contributed by atoms with E-state index < -0.39 is 5.54 Å². The molecule has 5 nitrogen and oxygen atoms in total.